The molecule has 0 rings (SSSR count). The van der Waals surface area contributed by atoms with Gasteiger partial charge in [-0.3, -0.25) is 14.4 Å². The Balaban J connectivity index is 4.30. The average molecular weight is 873 g/mol. The quantitative estimate of drug-likeness (QED) is 0.0262. The Morgan fingerprint density at radius 2 is 0.581 bits per heavy atom. The Labute approximate surface area is 385 Å². The van der Waals surface area contributed by atoms with Crippen molar-refractivity contribution >= 4 is 17.9 Å². The van der Waals surface area contributed by atoms with E-state index in [1.54, 1.807) is 0 Å². The number of unbranched alkanes of at least 4 members (excludes halogenated alkanes) is 35. The van der Waals surface area contributed by atoms with Crippen molar-refractivity contribution in [2.45, 2.75) is 303 Å². The molecule has 0 saturated heterocycles. The van der Waals surface area contributed by atoms with E-state index in [1.165, 1.54) is 186 Å². The van der Waals surface area contributed by atoms with Crippen molar-refractivity contribution in [1.29, 1.82) is 0 Å². The van der Waals surface area contributed by atoms with E-state index >= 15 is 0 Å². The maximum Gasteiger partial charge on any atom is 0.306 e. The highest BCUT2D eigenvalue weighted by molar-refractivity contribution is 5.71. The van der Waals surface area contributed by atoms with E-state index in [2.05, 4.69) is 45.1 Å². The predicted molar refractivity (Wildman–Crippen MR) is 266 cm³/mol. The molecular formula is C56H104O6. The molecule has 0 N–H and O–H groups in total. The molecule has 6 heteroatoms. The Morgan fingerprint density at radius 3 is 0.919 bits per heavy atom. The lowest BCUT2D eigenvalue weighted by Gasteiger charge is -2.18. The molecule has 0 aromatic rings. The molecule has 0 aliphatic heterocycles. The van der Waals surface area contributed by atoms with E-state index in [0.29, 0.717) is 19.3 Å². The van der Waals surface area contributed by atoms with E-state index in [0.717, 1.165) is 70.6 Å². The Hall–Kier alpha value is -2.11. The molecule has 1 atom stereocenters. The van der Waals surface area contributed by atoms with Crippen molar-refractivity contribution in [2.75, 3.05) is 13.2 Å². The van der Waals surface area contributed by atoms with Crippen LogP contribution in [0.25, 0.3) is 0 Å². The number of esters is 3. The fraction of sp³-hybridized carbons (Fsp3) is 0.875. The van der Waals surface area contributed by atoms with Gasteiger partial charge in [-0.25, -0.2) is 0 Å². The molecule has 0 amide bonds. The molecule has 0 saturated carbocycles. The fourth-order valence-corrected chi connectivity index (χ4v) is 8.06. The largest absolute Gasteiger partial charge is 0.462 e. The lowest BCUT2D eigenvalue weighted by atomic mass is 10.0. The first-order valence-corrected chi connectivity index (χ1v) is 27.3. The van der Waals surface area contributed by atoms with Gasteiger partial charge in [0.05, 0.1) is 0 Å². The summed E-state index contributed by atoms with van der Waals surface area (Å²) >= 11 is 0. The van der Waals surface area contributed by atoms with Gasteiger partial charge in [-0.05, 0) is 51.4 Å². The zero-order chi connectivity index (χ0) is 45.1. The van der Waals surface area contributed by atoms with Gasteiger partial charge >= 0.3 is 17.9 Å². The first-order chi connectivity index (χ1) is 30.5. The molecule has 0 spiro atoms. The minimum Gasteiger partial charge on any atom is -0.462 e. The molecule has 62 heavy (non-hydrogen) atoms. The normalized spacial score (nSPS) is 12.1. The number of carbonyl (C=O) groups is 3. The number of allylic oxidation sites excluding steroid dienone is 4. The smallest absolute Gasteiger partial charge is 0.306 e. The van der Waals surface area contributed by atoms with Crippen molar-refractivity contribution in [3.63, 3.8) is 0 Å². The second-order valence-corrected chi connectivity index (χ2v) is 18.5. The van der Waals surface area contributed by atoms with E-state index < -0.39 is 6.10 Å². The molecule has 0 aromatic carbocycles. The fourth-order valence-electron chi connectivity index (χ4n) is 8.06. The maximum atomic E-state index is 12.8. The Morgan fingerprint density at radius 1 is 0.323 bits per heavy atom. The molecular weight excluding hydrogens is 769 g/mol. The second kappa shape index (κ2) is 51.5. The lowest BCUT2D eigenvalue weighted by Crippen LogP contribution is -2.30. The zero-order valence-corrected chi connectivity index (χ0v) is 41.7. The van der Waals surface area contributed by atoms with Gasteiger partial charge in [0.2, 0.25) is 0 Å². The standard InChI is InChI=1S/C56H104O6/c1-4-7-10-13-16-19-22-24-26-28-30-32-34-37-40-43-46-49-55(58)61-52-53(51-60-54(57)48-45-42-39-36-21-18-15-12-9-6-3)62-56(59)50-47-44-41-38-35-33-31-29-27-25-23-20-17-14-11-8-5-2/h16,19,24,26,53H,4-15,17-18,20-23,25,27-52H2,1-3H3/b19-16-,26-24-/t53-/m1/s1. The van der Waals surface area contributed by atoms with Crippen LogP contribution in [0.3, 0.4) is 0 Å². The SMILES string of the molecule is CCCCC/C=C\C/C=C\CCCCCCCCCC(=O)OC[C@@H](COC(=O)CCCCCCCCCCCC)OC(=O)CCCCCCCCCCCCCCCCCCC. The highest BCUT2D eigenvalue weighted by atomic mass is 16.6. The van der Waals surface area contributed by atoms with Crippen LogP contribution in [0, 0.1) is 0 Å². The molecule has 0 aliphatic carbocycles. The summed E-state index contributed by atoms with van der Waals surface area (Å²) in [6, 6.07) is 0. The number of rotatable bonds is 50. The van der Waals surface area contributed by atoms with Gasteiger partial charge < -0.3 is 14.2 Å². The Kier molecular flexibility index (Phi) is 49.8. The average Bonchev–Trinajstić information content (AvgIpc) is 3.27. The molecule has 0 bridgehead atoms. The molecule has 0 aliphatic rings. The highest BCUT2D eigenvalue weighted by Gasteiger charge is 2.19. The minimum absolute atomic E-state index is 0.0688. The Bertz CT molecular complexity index is 1000. The van der Waals surface area contributed by atoms with Crippen molar-refractivity contribution in [3.8, 4) is 0 Å². The molecule has 0 unspecified atom stereocenters. The first-order valence-electron chi connectivity index (χ1n) is 27.3. The van der Waals surface area contributed by atoms with Crippen molar-refractivity contribution in [1.82, 2.24) is 0 Å². The minimum atomic E-state index is -0.768. The molecule has 364 valence electrons. The molecule has 6 nitrogen and oxygen atoms in total. The molecule has 0 fully saturated rings. The topological polar surface area (TPSA) is 78.9 Å². The van der Waals surface area contributed by atoms with Crippen LogP contribution in [0.15, 0.2) is 24.3 Å². The third-order valence-electron chi connectivity index (χ3n) is 12.2. The van der Waals surface area contributed by atoms with Crippen LogP contribution < -0.4 is 0 Å². The van der Waals surface area contributed by atoms with Crippen molar-refractivity contribution in [2.24, 2.45) is 0 Å². The number of ether oxygens (including phenoxy) is 3. The summed E-state index contributed by atoms with van der Waals surface area (Å²) in [6.45, 7) is 6.63. The molecule has 0 aromatic heterocycles. The predicted octanol–water partition coefficient (Wildman–Crippen LogP) is 17.9. The summed E-state index contributed by atoms with van der Waals surface area (Å²) in [7, 11) is 0. The summed E-state index contributed by atoms with van der Waals surface area (Å²) in [4.78, 5) is 38.0. The van der Waals surface area contributed by atoms with Gasteiger partial charge in [0.15, 0.2) is 6.10 Å². The second-order valence-electron chi connectivity index (χ2n) is 18.5. The van der Waals surface area contributed by atoms with Crippen molar-refractivity contribution < 1.29 is 28.6 Å². The van der Waals surface area contributed by atoms with Gasteiger partial charge in [-0.2, -0.15) is 0 Å². The molecule has 0 radical (unpaired) electrons. The van der Waals surface area contributed by atoms with Crippen molar-refractivity contribution in [3.05, 3.63) is 24.3 Å². The summed E-state index contributed by atoms with van der Waals surface area (Å²) in [5.74, 6) is -0.861. The van der Waals surface area contributed by atoms with E-state index in [4.69, 9.17) is 14.2 Å². The summed E-state index contributed by atoms with van der Waals surface area (Å²) < 4.78 is 16.8. The lowest BCUT2D eigenvalue weighted by molar-refractivity contribution is -0.167. The van der Waals surface area contributed by atoms with Crippen LogP contribution in [-0.4, -0.2) is 37.2 Å². The van der Waals surface area contributed by atoms with Crippen LogP contribution in [-0.2, 0) is 28.6 Å². The van der Waals surface area contributed by atoms with Crippen LogP contribution in [0.1, 0.15) is 297 Å². The maximum absolute atomic E-state index is 12.8. The summed E-state index contributed by atoms with van der Waals surface area (Å²) in [5.41, 5.74) is 0. The van der Waals surface area contributed by atoms with Crippen LogP contribution in [0.5, 0.6) is 0 Å². The highest BCUT2D eigenvalue weighted by Crippen LogP contribution is 2.16. The van der Waals surface area contributed by atoms with Crippen LogP contribution in [0.2, 0.25) is 0 Å². The van der Waals surface area contributed by atoms with E-state index in [9.17, 15) is 14.4 Å². The van der Waals surface area contributed by atoms with Crippen LogP contribution >= 0.6 is 0 Å². The summed E-state index contributed by atoms with van der Waals surface area (Å²) in [5, 5.41) is 0. The number of hydrogen-bond donors (Lipinski definition) is 0. The van der Waals surface area contributed by atoms with Gasteiger partial charge in [0.1, 0.15) is 13.2 Å². The zero-order valence-electron chi connectivity index (χ0n) is 41.7. The third kappa shape index (κ3) is 48.9. The number of carbonyl (C=O) groups excluding carboxylic acids is 3. The number of hydrogen-bond acceptors (Lipinski definition) is 6. The van der Waals surface area contributed by atoms with Gasteiger partial charge in [-0.1, -0.05) is 251 Å². The van der Waals surface area contributed by atoms with E-state index in [-0.39, 0.29) is 31.1 Å². The van der Waals surface area contributed by atoms with Gasteiger partial charge in [0.25, 0.3) is 0 Å². The van der Waals surface area contributed by atoms with Gasteiger partial charge in [0, 0.05) is 19.3 Å². The first kappa shape index (κ1) is 59.9. The van der Waals surface area contributed by atoms with Crippen LogP contribution in [0.4, 0.5) is 0 Å². The monoisotopic (exact) mass is 873 g/mol. The van der Waals surface area contributed by atoms with Gasteiger partial charge in [-0.15, -0.1) is 0 Å². The molecule has 0 heterocycles. The summed E-state index contributed by atoms with van der Waals surface area (Å²) in [6.07, 6.45) is 58.8. The third-order valence-corrected chi connectivity index (χ3v) is 12.2. The van der Waals surface area contributed by atoms with E-state index in [1.807, 2.05) is 0 Å².